The van der Waals surface area contributed by atoms with Gasteiger partial charge in [0.1, 0.15) is 6.61 Å². The Morgan fingerprint density at radius 2 is 2.21 bits per heavy atom. The fourth-order valence-electron chi connectivity index (χ4n) is 0.908. The van der Waals surface area contributed by atoms with E-state index >= 15 is 0 Å². The Labute approximate surface area is 87.5 Å². The van der Waals surface area contributed by atoms with Gasteiger partial charge in [0.25, 0.3) is 0 Å². The maximum Gasteiger partial charge on any atom is 0.303 e. The lowest BCUT2D eigenvalue weighted by atomic mass is 10.4. The number of carbonyl (C=O) groups is 1. The van der Waals surface area contributed by atoms with Crippen molar-refractivity contribution in [1.82, 2.24) is 4.98 Å². The fourth-order valence-corrected chi connectivity index (χ4v) is 1.74. The van der Waals surface area contributed by atoms with Crippen LogP contribution in [0.1, 0.15) is 17.5 Å². The molecule has 1 aromatic rings. The molecular weight excluding hydrogens is 200 g/mol. The maximum absolute atomic E-state index is 10.6. The topological polar surface area (TPSA) is 42.4 Å². The first-order valence-electron chi connectivity index (χ1n) is 4.27. The molecule has 0 aliphatic carbocycles. The summed E-state index contributed by atoms with van der Waals surface area (Å²) in [6.07, 6.45) is 0. The molecule has 0 spiro atoms. The second kappa shape index (κ2) is 4.41. The third-order valence-corrected chi connectivity index (χ3v) is 2.86. The lowest BCUT2D eigenvalue weighted by Crippen LogP contribution is -2.08. The molecule has 5 heteroatoms. The average molecular weight is 214 g/mol. The standard InChI is InChI=1S/C9H14N2O2S/c1-6-8(5-13-7(2)12)10-9(14-6)11(3)4/h5H2,1-4H3. The Morgan fingerprint density at radius 1 is 1.57 bits per heavy atom. The Hall–Kier alpha value is -1.10. The molecule has 0 atom stereocenters. The molecular formula is C9H14N2O2S. The maximum atomic E-state index is 10.6. The summed E-state index contributed by atoms with van der Waals surface area (Å²) in [6, 6.07) is 0. The molecule has 0 fully saturated rings. The highest BCUT2D eigenvalue weighted by Gasteiger charge is 2.09. The van der Waals surface area contributed by atoms with E-state index in [0.717, 1.165) is 15.7 Å². The first-order chi connectivity index (χ1) is 6.50. The van der Waals surface area contributed by atoms with Gasteiger partial charge in [0, 0.05) is 25.9 Å². The number of esters is 1. The average Bonchev–Trinajstić information content (AvgIpc) is 2.43. The molecule has 0 aromatic carbocycles. The van der Waals surface area contributed by atoms with E-state index in [1.165, 1.54) is 6.92 Å². The van der Waals surface area contributed by atoms with E-state index in [0.29, 0.717) is 0 Å². The van der Waals surface area contributed by atoms with E-state index in [-0.39, 0.29) is 12.6 Å². The van der Waals surface area contributed by atoms with Gasteiger partial charge in [0.15, 0.2) is 5.13 Å². The summed E-state index contributed by atoms with van der Waals surface area (Å²) in [5, 5.41) is 0.935. The van der Waals surface area contributed by atoms with Gasteiger partial charge in [0.2, 0.25) is 0 Å². The van der Waals surface area contributed by atoms with Crippen LogP contribution in [0.5, 0.6) is 0 Å². The molecule has 1 aromatic heterocycles. The van der Waals surface area contributed by atoms with Gasteiger partial charge in [-0.2, -0.15) is 0 Å². The van der Waals surface area contributed by atoms with Crippen LogP contribution in [0.2, 0.25) is 0 Å². The van der Waals surface area contributed by atoms with Crippen molar-refractivity contribution in [3.8, 4) is 0 Å². The summed E-state index contributed by atoms with van der Waals surface area (Å²) in [5.74, 6) is -0.274. The summed E-state index contributed by atoms with van der Waals surface area (Å²) in [6.45, 7) is 3.64. The van der Waals surface area contributed by atoms with Crippen LogP contribution < -0.4 is 4.90 Å². The molecule has 0 N–H and O–H groups in total. The zero-order valence-corrected chi connectivity index (χ0v) is 9.64. The minimum Gasteiger partial charge on any atom is -0.459 e. The van der Waals surface area contributed by atoms with Crippen LogP contribution in [-0.4, -0.2) is 25.0 Å². The second-order valence-corrected chi connectivity index (χ2v) is 4.36. The smallest absolute Gasteiger partial charge is 0.303 e. The quantitative estimate of drug-likeness (QED) is 0.716. The van der Waals surface area contributed by atoms with Crippen molar-refractivity contribution >= 4 is 22.4 Å². The van der Waals surface area contributed by atoms with Gasteiger partial charge in [0.05, 0.1) is 5.69 Å². The third kappa shape index (κ3) is 2.70. The summed E-state index contributed by atoms with van der Waals surface area (Å²) >= 11 is 1.60. The van der Waals surface area contributed by atoms with Crippen LogP contribution in [0.3, 0.4) is 0 Å². The van der Waals surface area contributed by atoms with Crippen LogP contribution in [0, 0.1) is 6.92 Å². The van der Waals surface area contributed by atoms with Crippen LogP contribution >= 0.6 is 11.3 Å². The summed E-state index contributed by atoms with van der Waals surface area (Å²) in [4.78, 5) is 18.0. The minimum absolute atomic E-state index is 0.269. The molecule has 0 aliphatic heterocycles. The van der Waals surface area contributed by atoms with Crippen LogP contribution in [0.4, 0.5) is 5.13 Å². The van der Waals surface area contributed by atoms with Crippen molar-refractivity contribution in [2.24, 2.45) is 0 Å². The van der Waals surface area contributed by atoms with E-state index in [4.69, 9.17) is 4.74 Å². The number of carbonyl (C=O) groups excluding carboxylic acids is 1. The number of hydrogen-bond acceptors (Lipinski definition) is 5. The lowest BCUT2D eigenvalue weighted by molar-refractivity contribution is -0.142. The van der Waals surface area contributed by atoms with Gasteiger partial charge in [-0.05, 0) is 6.92 Å². The van der Waals surface area contributed by atoms with E-state index in [1.54, 1.807) is 11.3 Å². The van der Waals surface area contributed by atoms with Crippen molar-refractivity contribution in [2.75, 3.05) is 19.0 Å². The van der Waals surface area contributed by atoms with Crippen LogP contribution in [-0.2, 0) is 16.1 Å². The Balaban J connectivity index is 2.72. The second-order valence-electron chi connectivity index (χ2n) is 3.17. The molecule has 0 amide bonds. The summed E-state index contributed by atoms with van der Waals surface area (Å²) in [7, 11) is 3.88. The first-order valence-corrected chi connectivity index (χ1v) is 5.09. The van der Waals surface area contributed by atoms with Crippen LogP contribution in [0.25, 0.3) is 0 Å². The largest absolute Gasteiger partial charge is 0.459 e. The van der Waals surface area contributed by atoms with Gasteiger partial charge < -0.3 is 9.64 Å². The molecule has 0 saturated carbocycles. The SMILES string of the molecule is CC(=O)OCc1nc(N(C)C)sc1C. The number of rotatable bonds is 3. The zero-order valence-electron chi connectivity index (χ0n) is 8.83. The predicted molar refractivity (Wildman–Crippen MR) is 56.6 cm³/mol. The normalized spacial score (nSPS) is 10.0. The lowest BCUT2D eigenvalue weighted by Gasteiger charge is -2.05. The monoisotopic (exact) mass is 214 g/mol. The molecule has 0 saturated heterocycles. The van der Waals surface area contributed by atoms with Gasteiger partial charge >= 0.3 is 5.97 Å². The minimum atomic E-state index is -0.274. The molecule has 14 heavy (non-hydrogen) atoms. The van der Waals surface area contributed by atoms with Crippen molar-refractivity contribution in [3.63, 3.8) is 0 Å². The van der Waals surface area contributed by atoms with E-state index in [9.17, 15) is 4.79 Å². The van der Waals surface area contributed by atoms with Crippen LogP contribution in [0.15, 0.2) is 0 Å². The fraction of sp³-hybridized carbons (Fsp3) is 0.556. The highest BCUT2D eigenvalue weighted by molar-refractivity contribution is 7.15. The summed E-state index contributed by atoms with van der Waals surface area (Å²) in [5.41, 5.74) is 0.842. The molecule has 0 aliphatic rings. The molecule has 0 bridgehead atoms. The molecule has 4 nitrogen and oxygen atoms in total. The van der Waals surface area contributed by atoms with E-state index < -0.39 is 0 Å². The Morgan fingerprint density at radius 3 is 2.64 bits per heavy atom. The predicted octanol–water partition coefficient (Wildman–Crippen LogP) is 1.58. The Kier molecular flexibility index (Phi) is 3.46. The number of hydrogen-bond donors (Lipinski definition) is 0. The van der Waals surface area contributed by atoms with E-state index in [2.05, 4.69) is 4.98 Å². The number of aryl methyl sites for hydroxylation is 1. The van der Waals surface area contributed by atoms with Crippen molar-refractivity contribution in [2.45, 2.75) is 20.5 Å². The van der Waals surface area contributed by atoms with Gasteiger partial charge in [-0.1, -0.05) is 0 Å². The molecule has 1 rings (SSSR count). The van der Waals surface area contributed by atoms with Crippen molar-refractivity contribution in [1.29, 1.82) is 0 Å². The van der Waals surface area contributed by atoms with Gasteiger partial charge in [-0.25, -0.2) is 4.98 Å². The van der Waals surface area contributed by atoms with Crippen molar-refractivity contribution in [3.05, 3.63) is 10.6 Å². The highest BCUT2D eigenvalue weighted by atomic mass is 32.1. The van der Waals surface area contributed by atoms with E-state index in [1.807, 2.05) is 25.9 Å². The first kappa shape index (κ1) is 11.0. The molecule has 0 radical (unpaired) electrons. The third-order valence-electron chi connectivity index (χ3n) is 1.68. The van der Waals surface area contributed by atoms with Gasteiger partial charge in [-0.3, -0.25) is 4.79 Å². The number of nitrogens with zero attached hydrogens (tertiary/aromatic N) is 2. The zero-order chi connectivity index (χ0) is 10.7. The number of ether oxygens (including phenoxy) is 1. The highest BCUT2D eigenvalue weighted by Crippen LogP contribution is 2.24. The molecule has 0 unspecified atom stereocenters. The number of thiazole rings is 1. The van der Waals surface area contributed by atoms with Crippen molar-refractivity contribution < 1.29 is 9.53 Å². The molecule has 1 heterocycles. The summed E-state index contributed by atoms with van der Waals surface area (Å²) < 4.78 is 4.89. The Bertz CT molecular complexity index is 334. The number of anilines is 1. The number of aromatic nitrogens is 1. The molecule has 78 valence electrons. The van der Waals surface area contributed by atoms with Gasteiger partial charge in [-0.15, -0.1) is 11.3 Å².